The van der Waals surface area contributed by atoms with Gasteiger partial charge in [0, 0.05) is 5.69 Å². The van der Waals surface area contributed by atoms with E-state index in [1.165, 1.54) is 6.07 Å². The molecule has 1 aromatic heterocycles. The number of hydrogen-bond acceptors (Lipinski definition) is 4. The van der Waals surface area contributed by atoms with Gasteiger partial charge in [0.25, 0.3) is 5.91 Å². The van der Waals surface area contributed by atoms with E-state index in [0.717, 1.165) is 25.9 Å². The molecule has 0 spiro atoms. The molecule has 1 saturated heterocycles. The topological polar surface area (TPSA) is 71.8 Å². The van der Waals surface area contributed by atoms with Gasteiger partial charge >= 0.3 is 0 Å². The van der Waals surface area contributed by atoms with Gasteiger partial charge in [-0.15, -0.1) is 5.10 Å². The van der Waals surface area contributed by atoms with Crippen LogP contribution in [0.2, 0.25) is 0 Å². The fourth-order valence-corrected chi connectivity index (χ4v) is 2.50. The summed E-state index contributed by atoms with van der Waals surface area (Å²) in [6.45, 7) is 3.55. The van der Waals surface area contributed by atoms with Crippen LogP contribution in [0.5, 0.6) is 0 Å². The van der Waals surface area contributed by atoms with Crippen LogP contribution in [0.4, 0.5) is 10.1 Å². The Bertz CT molecular complexity index is 678. The second-order valence-electron chi connectivity index (χ2n) is 5.48. The molecule has 2 N–H and O–H groups in total. The summed E-state index contributed by atoms with van der Waals surface area (Å²) in [5, 5.41) is 13.9. The van der Waals surface area contributed by atoms with E-state index in [9.17, 15) is 9.18 Å². The number of hydrogen-bond donors (Lipinski definition) is 2. The van der Waals surface area contributed by atoms with E-state index in [1.54, 1.807) is 29.9 Å². The third-order valence-corrected chi connectivity index (χ3v) is 3.86. The van der Waals surface area contributed by atoms with Crippen LogP contribution in [-0.2, 0) is 0 Å². The first-order valence-electron chi connectivity index (χ1n) is 7.33. The molecular weight excluding hydrogens is 285 g/mol. The minimum absolute atomic E-state index is 0.236. The van der Waals surface area contributed by atoms with Gasteiger partial charge in [-0.1, -0.05) is 11.3 Å². The number of nitrogens with zero attached hydrogens (tertiary/aromatic N) is 3. The minimum atomic E-state index is -0.386. The molecule has 0 aliphatic carbocycles. The van der Waals surface area contributed by atoms with Crippen LogP contribution in [0.1, 0.15) is 34.9 Å². The predicted molar refractivity (Wildman–Crippen MR) is 80.3 cm³/mol. The highest BCUT2D eigenvalue weighted by atomic mass is 19.1. The molecule has 0 saturated carbocycles. The van der Waals surface area contributed by atoms with Gasteiger partial charge in [0.15, 0.2) is 5.69 Å². The minimum Gasteiger partial charge on any atom is -0.320 e. The summed E-state index contributed by atoms with van der Waals surface area (Å²) in [4.78, 5) is 12.1. The second-order valence-corrected chi connectivity index (χ2v) is 5.48. The van der Waals surface area contributed by atoms with E-state index in [2.05, 4.69) is 20.9 Å². The van der Waals surface area contributed by atoms with Crippen molar-refractivity contribution >= 4 is 11.6 Å². The molecule has 2 heterocycles. The molecule has 22 heavy (non-hydrogen) atoms. The molecule has 0 bridgehead atoms. The molecule has 1 aliphatic heterocycles. The Kier molecular flexibility index (Phi) is 4.15. The molecule has 0 unspecified atom stereocenters. The highest BCUT2D eigenvalue weighted by molar-refractivity contribution is 6.02. The lowest BCUT2D eigenvalue weighted by atomic mass is 10.1. The lowest BCUT2D eigenvalue weighted by Crippen LogP contribution is -2.29. The number of aromatic nitrogens is 3. The Morgan fingerprint density at radius 2 is 2.18 bits per heavy atom. The summed E-state index contributed by atoms with van der Waals surface area (Å²) in [6.07, 6.45) is 3.58. The molecule has 1 aliphatic rings. The van der Waals surface area contributed by atoms with Gasteiger partial charge in [-0.05, 0) is 50.6 Å². The molecular formula is C15H18FN5O. The summed E-state index contributed by atoms with van der Waals surface area (Å²) >= 11 is 0. The van der Waals surface area contributed by atoms with Crippen molar-refractivity contribution in [3.63, 3.8) is 0 Å². The molecule has 1 aromatic carbocycles. The number of anilines is 1. The number of piperidine rings is 1. The van der Waals surface area contributed by atoms with Gasteiger partial charge in [0.2, 0.25) is 0 Å². The van der Waals surface area contributed by atoms with Crippen LogP contribution in [0, 0.1) is 12.7 Å². The molecule has 0 radical (unpaired) electrons. The van der Waals surface area contributed by atoms with Crippen molar-refractivity contribution in [2.45, 2.75) is 25.8 Å². The molecule has 116 valence electrons. The molecule has 6 nitrogen and oxygen atoms in total. The summed E-state index contributed by atoms with van der Waals surface area (Å²) < 4.78 is 15.2. The SMILES string of the molecule is Cc1ccc(NC(=O)c2cn(C3CCNCC3)nn2)cc1F. The highest BCUT2D eigenvalue weighted by Gasteiger charge is 2.18. The number of benzene rings is 1. The van der Waals surface area contributed by atoms with Crippen LogP contribution in [0.25, 0.3) is 0 Å². The van der Waals surface area contributed by atoms with Gasteiger partial charge < -0.3 is 10.6 Å². The van der Waals surface area contributed by atoms with Gasteiger partial charge in [0.1, 0.15) is 5.82 Å². The first-order valence-corrected chi connectivity index (χ1v) is 7.33. The zero-order valence-electron chi connectivity index (χ0n) is 12.3. The van der Waals surface area contributed by atoms with Crippen LogP contribution in [0.3, 0.4) is 0 Å². The third kappa shape index (κ3) is 3.14. The maximum atomic E-state index is 13.5. The largest absolute Gasteiger partial charge is 0.320 e. The normalized spacial score (nSPS) is 15.7. The van der Waals surface area contributed by atoms with E-state index in [4.69, 9.17) is 0 Å². The molecule has 3 rings (SSSR count). The monoisotopic (exact) mass is 303 g/mol. The van der Waals surface area contributed by atoms with E-state index < -0.39 is 0 Å². The van der Waals surface area contributed by atoms with Crippen molar-refractivity contribution in [3.05, 3.63) is 41.5 Å². The van der Waals surface area contributed by atoms with E-state index in [-0.39, 0.29) is 23.5 Å². The van der Waals surface area contributed by atoms with Crippen LogP contribution in [0.15, 0.2) is 24.4 Å². The van der Waals surface area contributed by atoms with E-state index in [1.807, 2.05) is 0 Å². The Labute approximate surface area is 127 Å². The lowest BCUT2D eigenvalue weighted by Gasteiger charge is -2.22. The average molecular weight is 303 g/mol. The predicted octanol–water partition coefficient (Wildman–Crippen LogP) is 1.90. The van der Waals surface area contributed by atoms with E-state index in [0.29, 0.717) is 11.3 Å². The highest BCUT2D eigenvalue weighted by Crippen LogP contribution is 2.18. The van der Waals surface area contributed by atoms with Gasteiger partial charge in [-0.2, -0.15) is 0 Å². The molecule has 1 fully saturated rings. The Balaban J connectivity index is 1.69. The van der Waals surface area contributed by atoms with Crippen molar-refractivity contribution < 1.29 is 9.18 Å². The fraction of sp³-hybridized carbons (Fsp3) is 0.400. The number of rotatable bonds is 3. The zero-order chi connectivity index (χ0) is 15.5. The summed E-state index contributed by atoms with van der Waals surface area (Å²) in [7, 11) is 0. The van der Waals surface area contributed by atoms with Gasteiger partial charge in [-0.25, -0.2) is 9.07 Å². The van der Waals surface area contributed by atoms with Crippen molar-refractivity contribution in [2.24, 2.45) is 0 Å². The maximum Gasteiger partial charge on any atom is 0.277 e. The molecule has 2 aromatic rings. The quantitative estimate of drug-likeness (QED) is 0.908. The summed E-state index contributed by atoms with van der Waals surface area (Å²) in [5.41, 5.74) is 1.18. The molecule has 7 heteroatoms. The Hall–Kier alpha value is -2.28. The number of carbonyl (C=O) groups excluding carboxylic acids is 1. The maximum absolute atomic E-state index is 13.5. The Morgan fingerprint density at radius 3 is 2.91 bits per heavy atom. The number of amides is 1. The van der Waals surface area contributed by atoms with Crippen molar-refractivity contribution in [1.29, 1.82) is 0 Å². The second kappa shape index (κ2) is 6.23. The van der Waals surface area contributed by atoms with Crippen molar-refractivity contribution in [3.8, 4) is 0 Å². The van der Waals surface area contributed by atoms with Crippen LogP contribution < -0.4 is 10.6 Å². The summed E-state index contributed by atoms with van der Waals surface area (Å²) in [5.74, 6) is -0.736. The fourth-order valence-electron chi connectivity index (χ4n) is 2.50. The number of aryl methyl sites for hydroxylation is 1. The Morgan fingerprint density at radius 1 is 1.41 bits per heavy atom. The standard InChI is InChI=1S/C15H18FN5O/c1-10-2-3-11(8-13(10)16)18-15(22)14-9-21(20-19-14)12-4-6-17-7-5-12/h2-3,8-9,12,17H,4-7H2,1H3,(H,18,22). The number of carbonyl (C=O) groups is 1. The van der Waals surface area contributed by atoms with Crippen molar-refractivity contribution in [2.75, 3.05) is 18.4 Å². The van der Waals surface area contributed by atoms with Gasteiger partial charge in [0.05, 0.1) is 12.2 Å². The van der Waals surface area contributed by atoms with Crippen LogP contribution >= 0.6 is 0 Å². The summed E-state index contributed by atoms with van der Waals surface area (Å²) in [6, 6.07) is 4.85. The van der Waals surface area contributed by atoms with E-state index >= 15 is 0 Å². The third-order valence-electron chi connectivity index (χ3n) is 3.86. The number of nitrogens with one attached hydrogen (secondary N) is 2. The number of halogens is 1. The molecule has 1 amide bonds. The van der Waals surface area contributed by atoms with Gasteiger partial charge in [-0.3, -0.25) is 4.79 Å². The zero-order valence-corrected chi connectivity index (χ0v) is 12.3. The first kappa shape index (κ1) is 14.6. The molecule has 0 atom stereocenters. The lowest BCUT2D eigenvalue weighted by molar-refractivity contribution is 0.102. The first-order chi connectivity index (χ1) is 10.6. The van der Waals surface area contributed by atoms with Crippen molar-refractivity contribution in [1.82, 2.24) is 20.3 Å². The van der Waals surface area contributed by atoms with Crippen LogP contribution in [-0.4, -0.2) is 34.0 Å². The smallest absolute Gasteiger partial charge is 0.277 e. The average Bonchev–Trinajstić information content (AvgIpc) is 3.02.